The van der Waals surface area contributed by atoms with Gasteiger partial charge in [-0.1, -0.05) is 30.3 Å². The summed E-state index contributed by atoms with van der Waals surface area (Å²) in [5.74, 6) is -1.98. The van der Waals surface area contributed by atoms with Crippen LogP contribution in [0.15, 0.2) is 48.7 Å². The molecule has 0 aliphatic rings. The van der Waals surface area contributed by atoms with Crippen molar-refractivity contribution >= 4 is 17.5 Å². The second-order valence-electron chi connectivity index (χ2n) is 4.67. The van der Waals surface area contributed by atoms with E-state index < -0.39 is 24.0 Å². The van der Waals surface area contributed by atoms with Crippen LogP contribution in [0.4, 0.5) is 0 Å². The molecular weight excluding hydrogens is 349 g/mol. The molecule has 0 radical (unpaired) electrons. The SMILES string of the molecule is COC(=O)C(=O)CC(=O)c1ccc(OCc2ccccc2)cn1.C[O-].[Na+]. The first-order chi connectivity index (χ1) is 12.1. The molecule has 0 fully saturated rings. The Morgan fingerprint density at radius 1 is 1.04 bits per heavy atom. The molecule has 8 heteroatoms. The molecule has 0 aliphatic carbocycles. The van der Waals surface area contributed by atoms with Crippen LogP contribution in [0.2, 0.25) is 0 Å². The van der Waals surface area contributed by atoms with Crippen molar-refractivity contribution in [1.82, 2.24) is 4.98 Å². The van der Waals surface area contributed by atoms with Gasteiger partial charge in [0.25, 0.3) is 0 Å². The summed E-state index contributed by atoms with van der Waals surface area (Å²) in [5.41, 5.74) is 1.10. The first kappa shape index (κ1) is 23.9. The number of pyridine rings is 1. The predicted octanol–water partition coefficient (Wildman–Crippen LogP) is -2.04. The van der Waals surface area contributed by atoms with Crippen molar-refractivity contribution in [3.8, 4) is 5.75 Å². The number of Topliss-reactive ketones (excluding diaryl/α,β-unsaturated/α-hetero) is 2. The minimum Gasteiger partial charge on any atom is -0.857 e. The molecule has 1 heterocycles. The Balaban J connectivity index is 0.00000201. The van der Waals surface area contributed by atoms with Crippen LogP contribution in [0.25, 0.3) is 0 Å². The molecule has 0 unspecified atom stereocenters. The van der Waals surface area contributed by atoms with Crippen molar-refractivity contribution in [2.75, 3.05) is 14.2 Å². The maximum Gasteiger partial charge on any atom is 1.00 e. The number of rotatable bonds is 7. The van der Waals surface area contributed by atoms with Crippen LogP contribution >= 0.6 is 0 Å². The zero-order valence-corrected chi connectivity index (χ0v) is 16.9. The van der Waals surface area contributed by atoms with E-state index >= 15 is 0 Å². The van der Waals surface area contributed by atoms with Crippen molar-refractivity contribution in [2.45, 2.75) is 13.0 Å². The molecule has 7 nitrogen and oxygen atoms in total. The van der Waals surface area contributed by atoms with Crippen LogP contribution in [0.5, 0.6) is 5.75 Å². The van der Waals surface area contributed by atoms with Gasteiger partial charge >= 0.3 is 35.5 Å². The maximum atomic E-state index is 11.8. The second kappa shape index (κ2) is 13.2. The Bertz CT molecular complexity index is 703. The standard InChI is InChI=1S/C17H15NO5.CH3O.Na/c1-22-17(21)16(20)9-15(19)14-8-7-13(10-18-14)23-11-12-5-3-2-4-6-12;1-2;/h2-8,10H,9,11H2,1H3;1H3;/q;-1;+1. The van der Waals surface area contributed by atoms with Gasteiger partial charge in [0.1, 0.15) is 18.1 Å². The van der Waals surface area contributed by atoms with Gasteiger partial charge in [-0.25, -0.2) is 9.78 Å². The molecule has 1 aromatic carbocycles. The quantitative estimate of drug-likeness (QED) is 0.182. The first-order valence-corrected chi connectivity index (χ1v) is 7.28. The molecule has 0 N–H and O–H groups in total. The van der Waals surface area contributed by atoms with E-state index in [9.17, 15) is 14.4 Å². The van der Waals surface area contributed by atoms with E-state index in [2.05, 4.69) is 9.72 Å². The average molecular weight is 367 g/mol. The second-order valence-corrected chi connectivity index (χ2v) is 4.67. The van der Waals surface area contributed by atoms with E-state index in [1.807, 2.05) is 30.3 Å². The molecule has 0 atom stereocenters. The van der Waals surface area contributed by atoms with Gasteiger partial charge in [0, 0.05) is 0 Å². The van der Waals surface area contributed by atoms with Gasteiger partial charge < -0.3 is 14.6 Å². The molecule has 0 bridgehead atoms. The number of ether oxygens (including phenoxy) is 2. The van der Waals surface area contributed by atoms with Crippen molar-refractivity contribution < 1.29 is 58.5 Å². The van der Waals surface area contributed by atoms with Gasteiger partial charge in [-0.3, -0.25) is 9.59 Å². The number of benzene rings is 1. The van der Waals surface area contributed by atoms with Crippen LogP contribution in [0.3, 0.4) is 0 Å². The summed E-state index contributed by atoms with van der Waals surface area (Å²) in [6.45, 7) is 0.386. The molecule has 132 valence electrons. The largest absolute Gasteiger partial charge is 1.00 e. The van der Waals surface area contributed by atoms with Crippen molar-refractivity contribution in [3.05, 3.63) is 59.9 Å². The van der Waals surface area contributed by atoms with Crippen molar-refractivity contribution in [2.24, 2.45) is 0 Å². The predicted molar refractivity (Wildman–Crippen MR) is 86.9 cm³/mol. The Kier molecular flexibility index (Phi) is 12.1. The number of esters is 1. The van der Waals surface area contributed by atoms with Gasteiger partial charge in [-0.15, -0.1) is 0 Å². The average Bonchev–Trinajstić information content (AvgIpc) is 2.68. The smallest absolute Gasteiger partial charge is 0.857 e. The Morgan fingerprint density at radius 2 is 1.69 bits per heavy atom. The molecule has 0 amide bonds. The molecule has 2 rings (SSSR count). The minimum atomic E-state index is -1.04. The van der Waals surface area contributed by atoms with E-state index in [1.165, 1.54) is 12.3 Å². The molecule has 0 spiro atoms. The van der Waals surface area contributed by atoms with Crippen LogP contribution in [-0.2, 0) is 20.9 Å². The molecule has 0 aliphatic heterocycles. The van der Waals surface area contributed by atoms with E-state index in [1.54, 1.807) is 6.07 Å². The van der Waals surface area contributed by atoms with Gasteiger partial charge in [0.15, 0.2) is 5.78 Å². The van der Waals surface area contributed by atoms with E-state index in [0.717, 1.165) is 19.8 Å². The number of carbonyl (C=O) groups excluding carboxylic acids is 3. The number of carbonyl (C=O) groups is 3. The summed E-state index contributed by atoms with van der Waals surface area (Å²) in [5, 5.41) is 8.25. The normalized spacial score (nSPS) is 9.04. The first-order valence-electron chi connectivity index (χ1n) is 7.28. The fourth-order valence-corrected chi connectivity index (χ4v) is 1.79. The zero-order chi connectivity index (χ0) is 18.7. The van der Waals surface area contributed by atoms with Crippen molar-refractivity contribution in [3.63, 3.8) is 0 Å². The third-order valence-corrected chi connectivity index (χ3v) is 3.00. The van der Waals surface area contributed by atoms with E-state index in [-0.39, 0.29) is 35.3 Å². The minimum absolute atomic E-state index is 0. The molecule has 0 saturated heterocycles. The van der Waals surface area contributed by atoms with Crippen LogP contribution in [-0.4, -0.2) is 36.7 Å². The number of ketones is 2. The monoisotopic (exact) mass is 367 g/mol. The topological polar surface area (TPSA) is 106 Å². The Labute approximate surface area is 173 Å². The molecule has 1 aromatic heterocycles. The van der Waals surface area contributed by atoms with Crippen LogP contribution in [0.1, 0.15) is 22.5 Å². The number of aromatic nitrogens is 1. The molecular formula is C18H18NNaO6. The Hall–Kier alpha value is -2.06. The summed E-state index contributed by atoms with van der Waals surface area (Å²) >= 11 is 0. The molecule has 26 heavy (non-hydrogen) atoms. The van der Waals surface area contributed by atoms with Gasteiger partial charge in [0.2, 0.25) is 5.78 Å². The maximum absolute atomic E-state index is 11.8. The summed E-state index contributed by atoms with van der Waals surface area (Å²) in [4.78, 5) is 38.1. The fourth-order valence-electron chi connectivity index (χ4n) is 1.79. The third-order valence-electron chi connectivity index (χ3n) is 3.00. The fraction of sp³-hybridized carbons (Fsp3) is 0.222. The Morgan fingerprint density at radius 3 is 2.23 bits per heavy atom. The van der Waals surface area contributed by atoms with Crippen LogP contribution in [0, 0.1) is 0 Å². The number of methoxy groups -OCH3 is 1. The van der Waals surface area contributed by atoms with E-state index in [0.29, 0.717) is 12.4 Å². The number of hydrogen-bond acceptors (Lipinski definition) is 7. The van der Waals surface area contributed by atoms with Gasteiger partial charge in [0.05, 0.1) is 19.7 Å². The van der Waals surface area contributed by atoms with E-state index in [4.69, 9.17) is 9.84 Å². The van der Waals surface area contributed by atoms with Gasteiger partial charge in [-0.05, 0) is 17.7 Å². The van der Waals surface area contributed by atoms with Crippen LogP contribution < -0.4 is 39.4 Å². The number of hydrogen-bond donors (Lipinski definition) is 0. The molecule has 2 aromatic rings. The summed E-state index contributed by atoms with van der Waals surface area (Å²) in [6, 6.07) is 12.7. The summed E-state index contributed by atoms with van der Waals surface area (Å²) < 4.78 is 9.81. The summed E-state index contributed by atoms with van der Waals surface area (Å²) in [7, 11) is 1.84. The molecule has 0 saturated carbocycles. The third kappa shape index (κ3) is 7.88. The van der Waals surface area contributed by atoms with Crippen molar-refractivity contribution in [1.29, 1.82) is 0 Å². The summed E-state index contributed by atoms with van der Waals surface area (Å²) in [6.07, 6.45) is 0.836. The van der Waals surface area contributed by atoms with Gasteiger partial charge in [-0.2, -0.15) is 7.11 Å². The number of nitrogens with zero attached hydrogens (tertiary/aromatic N) is 1. The zero-order valence-electron chi connectivity index (χ0n) is 14.9.